The van der Waals surface area contributed by atoms with Crippen molar-refractivity contribution in [3.8, 4) is 11.5 Å². The third-order valence-corrected chi connectivity index (χ3v) is 7.77. The Morgan fingerprint density at radius 3 is 2.48 bits per heavy atom. The standard InChI is InChI=1S/C31H33Cl2N5O6/c1-31(42)22-7-5-4-6-21(22)29(41)38(31)13-12-35-28(40)24(16-19-9-10-20(32)17-23(19)33)36-30(34)37-27(39)15-18-8-11-25(43-2)26(14-18)44-3/h4-11,14,17,24,42H,12-13,15-16H2,1-3H3,(H,35,40)(H3,34,36,37,39). The number of rotatable bonds is 11. The van der Waals surface area contributed by atoms with E-state index in [1.54, 1.807) is 60.7 Å². The van der Waals surface area contributed by atoms with Crippen LogP contribution in [0.5, 0.6) is 11.5 Å². The molecule has 0 bridgehead atoms. The van der Waals surface area contributed by atoms with E-state index in [0.717, 1.165) is 0 Å². The Kier molecular flexibility index (Phi) is 10.4. The van der Waals surface area contributed by atoms with Crippen LogP contribution in [0.25, 0.3) is 0 Å². The number of nitrogens with two attached hydrogens (primary N) is 1. The highest BCUT2D eigenvalue weighted by Gasteiger charge is 2.44. The molecule has 0 radical (unpaired) electrons. The molecule has 13 heteroatoms. The quantitative estimate of drug-likeness (QED) is 0.185. The van der Waals surface area contributed by atoms with Crippen molar-refractivity contribution in [2.75, 3.05) is 27.3 Å². The van der Waals surface area contributed by atoms with Gasteiger partial charge in [0.2, 0.25) is 11.8 Å². The molecule has 0 saturated carbocycles. The summed E-state index contributed by atoms with van der Waals surface area (Å²) in [5.74, 6) is -0.613. The van der Waals surface area contributed by atoms with Crippen LogP contribution in [0.1, 0.15) is 34.0 Å². The fraction of sp³-hybridized carbons (Fsp3) is 0.290. The first-order chi connectivity index (χ1) is 20.9. The summed E-state index contributed by atoms with van der Waals surface area (Å²) in [7, 11) is 3.01. The zero-order valence-electron chi connectivity index (χ0n) is 24.4. The first-order valence-corrected chi connectivity index (χ1v) is 14.4. The van der Waals surface area contributed by atoms with Gasteiger partial charge in [0.05, 0.1) is 20.6 Å². The lowest BCUT2D eigenvalue weighted by Crippen LogP contribution is -2.47. The van der Waals surface area contributed by atoms with E-state index >= 15 is 0 Å². The summed E-state index contributed by atoms with van der Waals surface area (Å²) in [6.07, 6.45) is 0.00250. The normalized spacial score (nSPS) is 16.7. The number of guanidine groups is 1. The third kappa shape index (κ3) is 7.42. The number of ether oxygens (including phenoxy) is 2. The molecule has 1 aliphatic heterocycles. The van der Waals surface area contributed by atoms with Gasteiger partial charge in [0, 0.05) is 40.7 Å². The number of amides is 3. The van der Waals surface area contributed by atoms with E-state index in [-0.39, 0.29) is 37.8 Å². The van der Waals surface area contributed by atoms with Crippen molar-refractivity contribution in [2.45, 2.75) is 31.5 Å². The van der Waals surface area contributed by atoms with Crippen LogP contribution in [-0.2, 0) is 28.2 Å². The average molecular weight is 643 g/mol. The molecule has 1 heterocycles. The zero-order chi connectivity index (χ0) is 32.0. The van der Waals surface area contributed by atoms with E-state index < -0.39 is 23.6 Å². The first kappa shape index (κ1) is 32.6. The van der Waals surface area contributed by atoms with Crippen LogP contribution in [0.2, 0.25) is 10.0 Å². The van der Waals surface area contributed by atoms with Crippen molar-refractivity contribution >= 4 is 46.9 Å². The molecular weight excluding hydrogens is 609 g/mol. The summed E-state index contributed by atoms with van der Waals surface area (Å²) in [6, 6.07) is 15.6. The molecule has 3 aromatic carbocycles. The molecule has 0 aliphatic carbocycles. The molecule has 44 heavy (non-hydrogen) atoms. The lowest BCUT2D eigenvalue weighted by atomic mass is 10.0. The molecule has 1 aliphatic rings. The second-order valence-electron chi connectivity index (χ2n) is 10.2. The van der Waals surface area contributed by atoms with Crippen molar-refractivity contribution in [3.63, 3.8) is 0 Å². The molecule has 0 spiro atoms. The SMILES string of the molecule is COc1ccc(CC(=O)NC(N)=NC(Cc2ccc(Cl)cc2Cl)C(=O)NCCN2C(=O)c3ccccc3C2(C)O)cc1OC. The predicted octanol–water partition coefficient (Wildman–Crippen LogP) is 3.03. The van der Waals surface area contributed by atoms with Crippen molar-refractivity contribution in [1.29, 1.82) is 0 Å². The summed E-state index contributed by atoms with van der Waals surface area (Å²) in [5, 5.41) is 17.1. The number of nitrogens with one attached hydrogen (secondary N) is 2. The molecule has 2 unspecified atom stereocenters. The molecular formula is C31H33Cl2N5O6. The number of aliphatic imine (C=N–C) groups is 1. The second kappa shape index (κ2) is 14.0. The maximum atomic E-state index is 13.4. The fourth-order valence-corrected chi connectivity index (χ4v) is 5.44. The van der Waals surface area contributed by atoms with Crippen LogP contribution in [0.15, 0.2) is 65.7 Å². The Labute approximate surface area is 264 Å². The molecule has 2 atom stereocenters. The van der Waals surface area contributed by atoms with E-state index in [9.17, 15) is 19.5 Å². The highest BCUT2D eigenvalue weighted by atomic mass is 35.5. The van der Waals surface area contributed by atoms with Gasteiger partial charge in [-0.25, -0.2) is 4.99 Å². The number of nitrogens with zero attached hydrogens (tertiary/aromatic N) is 2. The van der Waals surface area contributed by atoms with E-state index in [1.807, 2.05) is 0 Å². The molecule has 4 rings (SSSR count). The minimum absolute atomic E-state index is 0.0145. The second-order valence-corrected chi connectivity index (χ2v) is 11.0. The number of aliphatic hydroxyl groups is 1. The van der Waals surface area contributed by atoms with Gasteiger partial charge in [-0.1, -0.05) is 53.5 Å². The zero-order valence-corrected chi connectivity index (χ0v) is 25.9. The number of halogens is 2. The highest BCUT2D eigenvalue weighted by molar-refractivity contribution is 6.35. The van der Waals surface area contributed by atoms with Gasteiger partial charge < -0.3 is 30.5 Å². The van der Waals surface area contributed by atoms with Crippen LogP contribution in [0.3, 0.4) is 0 Å². The van der Waals surface area contributed by atoms with Crippen molar-refractivity contribution in [2.24, 2.45) is 10.7 Å². The third-order valence-electron chi connectivity index (χ3n) is 7.18. The summed E-state index contributed by atoms with van der Waals surface area (Å²) in [6.45, 7) is 1.57. The minimum atomic E-state index is -1.53. The van der Waals surface area contributed by atoms with Gasteiger partial charge in [0.15, 0.2) is 23.2 Å². The molecule has 0 aromatic heterocycles. The van der Waals surface area contributed by atoms with E-state index in [2.05, 4.69) is 15.6 Å². The number of fused-ring (bicyclic) bond motifs is 1. The van der Waals surface area contributed by atoms with Crippen LogP contribution in [-0.4, -0.2) is 67.0 Å². The Morgan fingerprint density at radius 2 is 1.80 bits per heavy atom. The van der Waals surface area contributed by atoms with Crippen LogP contribution >= 0.6 is 23.2 Å². The predicted molar refractivity (Wildman–Crippen MR) is 167 cm³/mol. The Morgan fingerprint density at radius 1 is 1.07 bits per heavy atom. The average Bonchev–Trinajstić information content (AvgIpc) is 3.18. The molecule has 11 nitrogen and oxygen atoms in total. The molecule has 0 saturated heterocycles. The van der Waals surface area contributed by atoms with Gasteiger partial charge in [0.25, 0.3) is 5.91 Å². The number of carbonyl (C=O) groups excluding carboxylic acids is 3. The number of hydrogen-bond acceptors (Lipinski definition) is 7. The number of methoxy groups -OCH3 is 2. The number of carbonyl (C=O) groups is 3. The largest absolute Gasteiger partial charge is 0.493 e. The smallest absolute Gasteiger partial charge is 0.256 e. The van der Waals surface area contributed by atoms with Crippen LogP contribution in [0.4, 0.5) is 0 Å². The summed E-state index contributed by atoms with van der Waals surface area (Å²) in [4.78, 5) is 44.6. The van der Waals surface area contributed by atoms with Gasteiger partial charge >= 0.3 is 0 Å². The maximum absolute atomic E-state index is 13.4. The van der Waals surface area contributed by atoms with Gasteiger partial charge in [-0.15, -0.1) is 0 Å². The Hall–Kier alpha value is -4.32. The molecule has 3 amide bonds. The number of benzene rings is 3. The van der Waals surface area contributed by atoms with Crippen molar-refractivity contribution in [1.82, 2.24) is 15.5 Å². The molecule has 5 N–H and O–H groups in total. The topological polar surface area (TPSA) is 156 Å². The summed E-state index contributed by atoms with van der Waals surface area (Å²) >= 11 is 12.4. The fourth-order valence-electron chi connectivity index (χ4n) is 4.95. The van der Waals surface area contributed by atoms with Crippen molar-refractivity contribution < 1.29 is 29.0 Å². The molecule has 0 fully saturated rings. The van der Waals surface area contributed by atoms with Gasteiger partial charge in [0.1, 0.15) is 6.04 Å². The van der Waals surface area contributed by atoms with E-state index in [0.29, 0.717) is 43.8 Å². The molecule has 3 aromatic rings. The molecule has 232 valence electrons. The van der Waals surface area contributed by atoms with Gasteiger partial charge in [-0.05, 0) is 48.4 Å². The van der Waals surface area contributed by atoms with E-state index in [1.165, 1.54) is 26.0 Å². The first-order valence-electron chi connectivity index (χ1n) is 13.6. The lowest BCUT2D eigenvalue weighted by Gasteiger charge is -2.31. The minimum Gasteiger partial charge on any atom is -0.493 e. The van der Waals surface area contributed by atoms with Crippen LogP contribution in [0, 0.1) is 0 Å². The Balaban J connectivity index is 1.45. The lowest BCUT2D eigenvalue weighted by molar-refractivity contribution is -0.123. The van der Waals surface area contributed by atoms with Crippen LogP contribution < -0.4 is 25.8 Å². The van der Waals surface area contributed by atoms with Gasteiger partial charge in [-0.3, -0.25) is 19.7 Å². The van der Waals surface area contributed by atoms with Gasteiger partial charge in [-0.2, -0.15) is 0 Å². The maximum Gasteiger partial charge on any atom is 0.256 e. The summed E-state index contributed by atoms with van der Waals surface area (Å²) < 4.78 is 10.5. The highest BCUT2D eigenvalue weighted by Crippen LogP contribution is 2.36. The monoisotopic (exact) mass is 641 g/mol. The van der Waals surface area contributed by atoms with E-state index in [4.69, 9.17) is 38.4 Å². The number of hydrogen-bond donors (Lipinski definition) is 4. The Bertz CT molecular complexity index is 1600. The summed E-state index contributed by atoms with van der Waals surface area (Å²) in [5.41, 5.74) is 6.66. The van der Waals surface area contributed by atoms with Crippen molar-refractivity contribution in [3.05, 3.63) is 93.0 Å².